The van der Waals surface area contributed by atoms with Gasteiger partial charge in [-0.25, -0.2) is 0 Å². The van der Waals surface area contributed by atoms with Gasteiger partial charge in [0, 0.05) is 12.0 Å². The predicted octanol–water partition coefficient (Wildman–Crippen LogP) is 5.49. The number of furan rings is 1. The van der Waals surface area contributed by atoms with E-state index >= 15 is 0 Å². The van der Waals surface area contributed by atoms with Crippen molar-refractivity contribution in [2.75, 3.05) is 7.11 Å². The van der Waals surface area contributed by atoms with Gasteiger partial charge in [-0.1, -0.05) is 41.1 Å². The Morgan fingerprint density at radius 2 is 1.86 bits per heavy atom. The van der Waals surface area contributed by atoms with Crippen LogP contribution in [0.4, 0.5) is 0 Å². The molecule has 1 unspecified atom stereocenters. The van der Waals surface area contributed by atoms with Gasteiger partial charge < -0.3 is 9.15 Å². The molecule has 1 atom stereocenters. The number of ether oxygens (including phenoxy) is 1. The molecule has 0 aliphatic carbocycles. The van der Waals surface area contributed by atoms with Crippen molar-refractivity contribution in [1.82, 2.24) is 0 Å². The zero-order valence-corrected chi connectivity index (χ0v) is 13.7. The van der Waals surface area contributed by atoms with Crippen molar-refractivity contribution in [1.29, 1.82) is 0 Å². The number of rotatable bonds is 4. The molecule has 0 saturated carbocycles. The average Bonchev–Trinajstić information content (AvgIpc) is 3.01. The molecule has 108 valence electrons. The number of halogens is 1. The van der Waals surface area contributed by atoms with Crippen molar-refractivity contribution in [3.63, 3.8) is 0 Å². The van der Waals surface area contributed by atoms with E-state index in [1.807, 2.05) is 12.1 Å². The molecular weight excluding hydrogens is 328 g/mol. The first-order chi connectivity index (χ1) is 10.2. The topological polar surface area (TPSA) is 22.4 Å². The molecule has 1 aromatic heterocycles. The minimum Gasteiger partial charge on any atom is -0.497 e. The van der Waals surface area contributed by atoms with Gasteiger partial charge in [-0.2, -0.15) is 0 Å². The summed E-state index contributed by atoms with van der Waals surface area (Å²) in [5, 5.41) is 2.39. The predicted molar refractivity (Wildman–Crippen MR) is 89.4 cm³/mol. The largest absolute Gasteiger partial charge is 0.497 e. The molecule has 0 N–H and O–H groups in total. The lowest BCUT2D eigenvalue weighted by Gasteiger charge is -2.12. The van der Waals surface area contributed by atoms with E-state index in [4.69, 9.17) is 9.15 Å². The van der Waals surface area contributed by atoms with Gasteiger partial charge in [0.2, 0.25) is 0 Å². The summed E-state index contributed by atoms with van der Waals surface area (Å²) in [5.74, 6) is 1.92. The standard InChI is InChI=1S/C18H17BrO2/c1-3-17-16(8-9-21-17)18(19)14-5-4-13-11-15(20-2)7-6-12(13)10-14/h4-11,18H,3H2,1-2H3. The van der Waals surface area contributed by atoms with Crippen LogP contribution in [0.1, 0.15) is 28.6 Å². The second kappa shape index (κ2) is 5.94. The smallest absolute Gasteiger partial charge is 0.119 e. The Kier molecular flexibility index (Phi) is 4.02. The zero-order valence-electron chi connectivity index (χ0n) is 12.1. The van der Waals surface area contributed by atoms with Crippen LogP contribution in [0, 0.1) is 0 Å². The van der Waals surface area contributed by atoms with Crippen molar-refractivity contribution in [3.8, 4) is 5.75 Å². The van der Waals surface area contributed by atoms with Crippen LogP contribution >= 0.6 is 15.9 Å². The summed E-state index contributed by atoms with van der Waals surface area (Å²) in [7, 11) is 1.69. The van der Waals surface area contributed by atoms with E-state index in [9.17, 15) is 0 Å². The first-order valence-corrected chi connectivity index (χ1v) is 7.92. The molecule has 0 amide bonds. The quantitative estimate of drug-likeness (QED) is 0.584. The van der Waals surface area contributed by atoms with Gasteiger partial charge in [0.1, 0.15) is 11.5 Å². The highest BCUT2D eigenvalue weighted by Crippen LogP contribution is 2.35. The summed E-state index contributed by atoms with van der Waals surface area (Å²) in [6.07, 6.45) is 2.66. The summed E-state index contributed by atoms with van der Waals surface area (Å²) in [4.78, 5) is 0.151. The first kappa shape index (κ1) is 14.2. The van der Waals surface area contributed by atoms with Crippen LogP contribution in [0.5, 0.6) is 5.75 Å². The van der Waals surface area contributed by atoms with Crippen LogP contribution in [0.25, 0.3) is 10.8 Å². The number of alkyl halides is 1. The molecule has 3 aromatic rings. The van der Waals surface area contributed by atoms with Gasteiger partial charge in [0.25, 0.3) is 0 Å². The van der Waals surface area contributed by atoms with Gasteiger partial charge in [-0.3, -0.25) is 0 Å². The highest BCUT2D eigenvalue weighted by atomic mass is 79.9. The maximum Gasteiger partial charge on any atom is 0.119 e. The van der Waals surface area contributed by atoms with E-state index in [1.54, 1.807) is 13.4 Å². The third-order valence-electron chi connectivity index (χ3n) is 3.74. The molecule has 3 heteroatoms. The van der Waals surface area contributed by atoms with Crippen LogP contribution in [0.15, 0.2) is 53.1 Å². The van der Waals surface area contributed by atoms with Crippen molar-refractivity contribution in [2.45, 2.75) is 18.2 Å². The summed E-state index contributed by atoms with van der Waals surface area (Å²) < 4.78 is 10.8. The lowest BCUT2D eigenvalue weighted by molar-refractivity contribution is 0.415. The molecule has 0 aliphatic heterocycles. The molecule has 2 nitrogen and oxygen atoms in total. The molecule has 3 rings (SSSR count). The van der Waals surface area contributed by atoms with E-state index in [-0.39, 0.29) is 4.83 Å². The molecule has 0 spiro atoms. The van der Waals surface area contributed by atoms with Crippen LogP contribution in [0.2, 0.25) is 0 Å². The zero-order chi connectivity index (χ0) is 14.8. The average molecular weight is 345 g/mol. The highest BCUT2D eigenvalue weighted by Gasteiger charge is 2.16. The Hall–Kier alpha value is -1.74. The van der Waals surface area contributed by atoms with Gasteiger partial charge in [-0.15, -0.1) is 0 Å². The Labute approximate surface area is 132 Å². The third-order valence-corrected chi connectivity index (χ3v) is 4.76. The third kappa shape index (κ3) is 2.70. The number of methoxy groups -OCH3 is 1. The molecule has 0 saturated heterocycles. The van der Waals surface area contributed by atoms with Crippen LogP contribution < -0.4 is 4.74 Å². The molecule has 0 bridgehead atoms. The van der Waals surface area contributed by atoms with Crippen molar-refractivity contribution < 1.29 is 9.15 Å². The molecule has 0 fully saturated rings. The molecular formula is C18H17BrO2. The lowest BCUT2D eigenvalue weighted by Crippen LogP contribution is -1.95. The molecule has 1 heterocycles. The van der Waals surface area contributed by atoms with Gasteiger partial charge in [0.15, 0.2) is 0 Å². The number of aryl methyl sites for hydroxylation is 1. The van der Waals surface area contributed by atoms with Crippen LogP contribution in [-0.4, -0.2) is 7.11 Å². The highest BCUT2D eigenvalue weighted by molar-refractivity contribution is 9.09. The van der Waals surface area contributed by atoms with E-state index in [2.05, 4.69) is 53.2 Å². The van der Waals surface area contributed by atoms with E-state index < -0.39 is 0 Å². The van der Waals surface area contributed by atoms with E-state index in [0.717, 1.165) is 17.9 Å². The maximum absolute atomic E-state index is 5.53. The van der Waals surface area contributed by atoms with E-state index in [0.29, 0.717) is 0 Å². The first-order valence-electron chi connectivity index (χ1n) is 7.01. The Bertz CT molecular complexity index is 761. The lowest BCUT2D eigenvalue weighted by atomic mass is 10.0. The van der Waals surface area contributed by atoms with Gasteiger partial charge >= 0.3 is 0 Å². The second-order valence-corrected chi connectivity index (χ2v) is 5.90. The fraction of sp³-hybridized carbons (Fsp3) is 0.222. The Morgan fingerprint density at radius 3 is 2.62 bits per heavy atom. The summed E-state index contributed by atoms with van der Waals surface area (Å²) >= 11 is 3.79. The second-order valence-electron chi connectivity index (χ2n) is 4.99. The number of hydrogen-bond acceptors (Lipinski definition) is 2. The molecule has 21 heavy (non-hydrogen) atoms. The Morgan fingerprint density at radius 1 is 1.10 bits per heavy atom. The van der Waals surface area contributed by atoms with Crippen LogP contribution in [-0.2, 0) is 6.42 Å². The number of fused-ring (bicyclic) bond motifs is 1. The van der Waals surface area contributed by atoms with E-state index in [1.165, 1.54) is 21.9 Å². The minimum atomic E-state index is 0.151. The van der Waals surface area contributed by atoms with Crippen LogP contribution in [0.3, 0.4) is 0 Å². The molecule has 0 aliphatic rings. The SMILES string of the molecule is CCc1occc1C(Br)c1ccc2cc(OC)ccc2c1. The number of hydrogen-bond donors (Lipinski definition) is 0. The Balaban J connectivity index is 2.01. The number of benzene rings is 2. The normalized spacial score (nSPS) is 12.5. The fourth-order valence-corrected chi connectivity index (χ4v) is 3.26. The van der Waals surface area contributed by atoms with Crippen molar-refractivity contribution >= 4 is 26.7 Å². The van der Waals surface area contributed by atoms with Gasteiger partial charge in [0.05, 0.1) is 18.2 Å². The maximum atomic E-state index is 5.53. The molecule has 2 aromatic carbocycles. The fourth-order valence-electron chi connectivity index (χ4n) is 2.57. The van der Waals surface area contributed by atoms with Crippen molar-refractivity contribution in [2.24, 2.45) is 0 Å². The minimum absolute atomic E-state index is 0.151. The summed E-state index contributed by atoms with van der Waals surface area (Å²) in [5.41, 5.74) is 2.43. The summed E-state index contributed by atoms with van der Waals surface area (Å²) in [6.45, 7) is 2.11. The van der Waals surface area contributed by atoms with Gasteiger partial charge in [-0.05, 0) is 40.6 Å². The molecule has 0 radical (unpaired) electrons. The monoisotopic (exact) mass is 344 g/mol. The van der Waals surface area contributed by atoms with Crippen molar-refractivity contribution in [3.05, 3.63) is 65.6 Å². The summed E-state index contributed by atoms with van der Waals surface area (Å²) in [6, 6.07) is 14.7.